The Morgan fingerprint density at radius 3 is 2.83 bits per heavy atom. The van der Waals surface area contributed by atoms with Crippen LogP contribution in [-0.2, 0) is 4.74 Å². The van der Waals surface area contributed by atoms with E-state index in [9.17, 15) is 0 Å². The molecule has 1 saturated carbocycles. The summed E-state index contributed by atoms with van der Waals surface area (Å²) in [6, 6.07) is 0.842. The molecule has 0 aromatic rings. The van der Waals surface area contributed by atoms with Crippen LogP contribution in [0.2, 0.25) is 0 Å². The first-order chi connectivity index (χ1) is 5.85. The molecule has 1 heterocycles. The molecule has 0 radical (unpaired) electrons. The number of nitrogens with one attached hydrogen (secondary N) is 1. The van der Waals surface area contributed by atoms with Crippen LogP contribution >= 0.6 is 0 Å². The normalized spacial score (nSPS) is 35.8. The van der Waals surface area contributed by atoms with Gasteiger partial charge in [0.05, 0.1) is 6.61 Å². The van der Waals surface area contributed by atoms with Crippen LogP contribution in [0.25, 0.3) is 0 Å². The van der Waals surface area contributed by atoms with E-state index in [1.165, 1.54) is 32.2 Å². The van der Waals surface area contributed by atoms with Crippen LogP contribution < -0.4 is 5.32 Å². The van der Waals surface area contributed by atoms with Gasteiger partial charge in [0.1, 0.15) is 0 Å². The Balaban J connectivity index is 1.79. The van der Waals surface area contributed by atoms with Gasteiger partial charge in [-0.2, -0.15) is 0 Å². The van der Waals surface area contributed by atoms with Gasteiger partial charge in [0.15, 0.2) is 0 Å². The van der Waals surface area contributed by atoms with Gasteiger partial charge in [-0.05, 0) is 25.7 Å². The summed E-state index contributed by atoms with van der Waals surface area (Å²) in [4.78, 5) is 0. The Hall–Kier alpha value is -0.0800. The average molecular weight is 169 g/mol. The molecular weight excluding hydrogens is 150 g/mol. The molecule has 2 aliphatic rings. The third-order valence-corrected chi connectivity index (χ3v) is 3.28. The molecule has 2 fully saturated rings. The maximum atomic E-state index is 5.46. The highest BCUT2D eigenvalue weighted by Gasteiger charge is 2.34. The van der Waals surface area contributed by atoms with Crippen LogP contribution in [0, 0.1) is 5.41 Å². The maximum Gasteiger partial charge on any atom is 0.0535 e. The van der Waals surface area contributed by atoms with Crippen LogP contribution in [0.4, 0.5) is 0 Å². The van der Waals surface area contributed by atoms with E-state index < -0.39 is 0 Å². The second-order valence-corrected chi connectivity index (χ2v) is 4.31. The third-order valence-electron chi connectivity index (χ3n) is 3.28. The van der Waals surface area contributed by atoms with Crippen molar-refractivity contribution in [1.29, 1.82) is 0 Å². The van der Waals surface area contributed by atoms with Crippen molar-refractivity contribution in [2.24, 2.45) is 5.41 Å². The van der Waals surface area contributed by atoms with E-state index in [4.69, 9.17) is 4.74 Å². The summed E-state index contributed by atoms with van der Waals surface area (Å²) < 4.78 is 5.46. The van der Waals surface area contributed by atoms with E-state index in [-0.39, 0.29) is 0 Å². The summed E-state index contributed by atoms with van der Waals surface area (Å²) in [5.74, 6) is 0. The van der Waals surface area contributed by atoms with Crippen LogP contribution in [-0.4, -0.2) is 25.8 Å². The Morgan fingerprint density at radius 2 is 2.33 bits per heavy atom. The molecule has 2 heteroatoms. The van der Waals surface area contributed by atoms with Gasteiger partial charge >= 0.3 is 0 Å². The number of hydrogen-bond donors (Lipinski definition) is 1. The monoisotopic (exact) mass is 169 g/mol. The highest BCUT2D eigenvalue weighted by Crippen LogP contribution is 2.32. The number of hydrogen-bond acceptors (Lipinski definition) is 2. The molecule has 70 valence electrons. The van der Waals surface area contributed by atoms with Gasteiger partial charge in [0.25, 0.3) is 0 Å². The van der Waals surface area contributed by atoms with Crippen LogP contribution in [0.15, 0.2) is 0 Å². The van der Waals surface area contributed by atoms with Gasteiger partial charge in [-0.3, -0.25) is 0 Å². The predicted octanol–water partition coefficient (Wildman–Crippen LogP) is 1.56. The van der Waals surface area contributed by atoms with Gasteiger partial charge in [-0.15, -0.1) is 0 Å². The summed E-state index contributed by atoms with van der Waals surface area (Å²) >= 11 is 0. The molecule has 0 spiro atoms. The summed E-state index contributed by atoms with van der Waals surface area (Å²) in [5, 5.41) is 3.61. The molecule has 1 unspecified atom stereocenters. The maximum absolute atomic E-state index is 5.46. The van der Waals surface area contributed by atoms with Crippen molar-refractivity contribution in [3.63, 3.8) is 0 Å². The van der Waals surface area contributed by atoms with Crippen LogP contribution in [0.1, 0.15) is 32.6 Å². The second-order valence-electron chi connectivity index (χ2n) is 4.31. The van der Waals surface area contributed by atoms with Crippen LogP contribution in [0.3, 0.4) is 0 Å². The third kappa shape index (κ3) is 1.80. The van der Waals surface area contributed by atoms with Crippen molar-refractivity contribution in [3.05, 3.63) is 0 Å². The largest absolute Gasteiger partial charge is 0.381 e. The molecule has 1 aliphatic heterocycles. The fourth-order valence-electron chi connectivity index (χ4n) is 1.84. The SMILES string of the molecule is CCC1(CNC2CC2)CCOC1. The first-order valence-corrected chi connectivity index (χ1v) is 5.16. The summed E-state index contributed by atoms with van der Waals surface area (Å²) in [5.41, 5.74) is 0.475. The first kappa shape index (κ1) is 8.52. The molecule has 2 rings (SSSR count). The molecule has 0 aromatic carbocycles. The lowest BCUT2D eigenvalue weighted by atomic mass is 9.84. The Kier molecular flexibility index (Phi) is 2.37. The van der Waals surface area contributed by atoms with Crippen molar-refractivity contribution in [1.82, 2.24) is 5.32 Å². The van der Waals surface area contributed by atoms with E-state index in [0.717, 1.165) is 19.3 Å². The number of ether oxygens (including phenoxy) is 1. The molecule has 0 aromatic heterocycles. The Morgan fingerprint density at radius 1 is 1.50 bits per heavy atom. The van der Waals surface area contributed by atoms with Crippen molar-refractivity contribution >= 4 is 0 Å². The topological polar surface area (TPSA) is 21.3 Å². The molecule has 1 aliphatic carbocycles. The van der Waals surface area contributed by atoms with Crippen molar-refractivity contribution in [2.75, 3.05) is 19.8 Å². The highest BCUT2D eigenvalue weighted by atomic mass is 16.5. The minimum absolute atomic E-state index is 0.475. The van der Waals surface area contributed by atoms with Crippen molar-refractivity contribution < 1.29 is 4.74 Å². The quantitative estimate of drug-likeness (QED) is 0.689. The second kappa shape index (κ2) is 3.35. The van der Waals surface area contributed by atoms with Crippen molar-refractivity contribution in [3.8, 4) is 0 Å². The first-order valence-electron chi connectivity index (χ1n) is 5.16. The van der Waals surface area contributed by atoms with Crippen LogP contribution in [0.5, 0.6) is 0 Å². The lowest BCUT2D eigenvalue weighted by Gasteiger charge is -2.25. The lowest BCUT2D eigenvalue weighted by Crippen LogP contribution is -2.35. The molecule has 1 saturated heterocycles. The van der Waals surface area contributed by atoms with E-state index in [1.807, 2.05) is 0 Å². The fraction of sp³-hybridized carbons (Fsp3) is 1.00. The van der Waals surface area contributed by atoms with E-state index >= 15 is 0 Å². The molecular formula is C10H19NO. The average Bonchev–Trinajstić information content (AvgIpc) is 2.82. The Labute approximate surface area is 74.7 Å². The summed E-state index contributed by atoms with van der Waals surface area (Å²) in [6.45, 7) is 5.40. The minimum Gasteiger partial charge on any atom is -0.381 e. The lowest BCUT2D eigenvalue weighted by molar-refractivity contribution is 0.147. The van der Waals surface area contributed by atoms with E-state index in [1.54, 1.807) is 0 Å². The predicted molar refractivity (Wildman–Crippen MR) is 49.2 cm³/mol. The summed E-state index contributed by atoms with van der Waals surface area (Å²) in [6.07, 6.45) is 5.29. The zero-order valence-corrected chi connectivity index (χ0v) is 7.94. The molecule has 0 bridgehead atoms. The standard InChI is InChI=1S/C10H19NO/c1-2-10(5-6-12-8-10)7-11-9-3-4-9/h9,11H,2-8H2,1H3. The van der Waals surface area contributed by atoms with Gasteiger partial charge in [-0.1, -0.05) is 6.92 Å². The molecule has 1 N–H and O–H groups in total. The van der Waals surface area contributed by atoms with Gasteiger partial charge in [0.2, 0.25) is 0 Å². The van der Waals surface area contributed by atoms with Crippen molar-refractivity contribution in [2.45, 2.75) is 38.6 Å². The summed E-state index contributed by atoms with van der Waals surface area (Å²) in [7, 11) is 0. The molecule has 0 amide bonds. The fourth-order valence-corrected chi connectivity index (χ4v) is 1.84. The zero-order chi connectivity index (χ0) is 8.44. The zero-order valence-electron chi connectivity index (χ0n) is 7.94. The van der Waals surface area contributed by atoms with E-state index in [0.29, 0.717) is 5.41 Å². The number of rotatable bonds is 4. The molecule has 1 atom stereocenters. The smallest absolute Gasteiger partial charge is 0.0535 e. The minimum atomic E-state index is 0.475. The molecule has 2 nitrogen and oxygen atoms in total. The molecule has 12 heavy (non-hydrogen) atoms. The van der Waals surface area contributed by atoms with Gasteiger partial charge < -0.3 is 10.1 Å². The van der Waals surface area contributed by atoms with Gasteiger partial charge in [0, 0.05) is 24.6 Å². The highest BCUT2D eigenvalue weighted by molar-refractivity contribution is 4.89. The van der Waals surface area contributed by atoms with Gasteiger partial charge in [-0.25, -0.2) is 0 Å². The van der Waals surface area contributed by atoms with E-state index in [2.05, 4.69) is 12.2 Å². The Bertz CT molecular complexity index is 148.